The second-order valence-corrected chi connectivity index (χ2v) is 8.56. The molecule has 0 amide bonds. The van der Waals surface area contributed by atoms with Crippen molar-refractivity contribution in [2.24, 2.45) is 0 Å². The van der Waals surface area contributed by atoms with Crippen molar-refractivity contribution in [2.75, 3.05) is 39.8 Å². The molecule has 1 spiro atoms. The maximum absolute atomic E-state index is 13.2. The summed E-state index contributed by atoms with van der Waals surface area (Å²) in [5.41, 5.74) is -0.426. The zero-order valence-corrected chi connectivity index (χ0v) is 14.5. The van der Waals surface area contributed by atoms with Gasteiger partial charge < -0.3 is 9.64 Å². The molecule has 2 heterocycles. The Kier molecular flexibility index (Phi) is 4.68. The van der Waals surface area contributed by atoms with Crippen LogP contribution in [0.5, 0.6) is 0 Å². The van der Waals surface area contributed by atoms with E-state index in [1.54, 1.807) is 0 Å². The van der Waals surface area contributed by atoms with Crippen LogP contribution in [0.15, 0.2) is 23.1 Å². The number of nitrogens with zero attached hydrogens (tertiary/aromatic N) is 2. The van der Waals surface area contributed by atoms with Crippen molar-refractivity contribution >= 4 is 21.6 Å². The molecule has 2 aliphatic rings. The van der Waals surface area contributed by atoms with E-state index >= 15 is 0 Å². The van der Waals surface area contributed by atoms with Crippen LogP contribution in [0.25, 0.3) is 0 Å². The number of sulfonamides is 1. The van der Waals surface area contributed by atoms with Crippen LogP contribution in [-0.4, -0.2) is 63.1 Å². The number of rotatable bonds is 2. The molecular formula is C15H20ClFN2O3S. The second kappa shape index (κ2) is 6.29. The van der Waals surface area contributed by atoms with Gasteiger partial charge in [0.15, 0.2) is 0 Å². The molecule has 0 unspecified atom stereocenters. The molecule has 128 valence electrons. The average Bonchev–Trinajstić information content (AvgIpc) is 2.50. The second-order valence-electron chi connectivity index (χ2n) is 6.25. The highest BCUT2D eigenvalue weighted by Gasteiger charge is 2.43. The Morgan fingerprint density at radius 3 is 2.61 bits per heavy atom. The standard InChI is InChI=1S/C15H20ClFN2O3S/c1-18-6-4-15(5-7-18)11-19(8-9-22-15)23(20,21)14-3-2-12(17)10-13(14)16/h2-3,10H,4-9,11H2,1H3. The van der Waals surface area contributed by atoms with Crippen molar-refractivity contribution in [3.8, 4) is 0 Å². The van der Waals surface area contributed by atoms with Gasteiger partial charge in [-0.25, -0.2) is 12.8 Å². The molecule has 2 aliphatic heterocycles. The smallest absolute Gasteiger partial charge is 0.244 e. The lowest BCUT2D eigenvalue weighted by Gasteiger charge is -2.46. The summed E-state index contributed by atoms with van der Waals surface area (Å²) in [6.07, 6.45) is 1.60. The van der Waals surface area contributed by atoms with Crippen molar-refractivity contribution in [1.29, 1.82) is 0 Å². The van der Waals surface area contributed by atoms with Gasteiger partial charge in [0.05, 0.1) is 17.2 Å². The molecule has 0 N–H and O–H groups in total. The minimum Gasteiger partial charge on any atom is -0.372 e. The summed E-state index contributed by atoms with van der Waals surface area (Å²) in [5, 5.41) is -0.0890. The lowest BCUT2D eigenvalue weighted by Crippen LogP contribution is -2.57. The van der Waals surface area contributed by atoms with Crippen molar-refractivity contribution < 1.29 is 17.5 Å². The molecule has 0 aromatic heterocycles. The fourth-order valence-corrected chi connectivity index (χ4v) is 5.17. The summed E-state index contributed by atoms with van der Waals surface area (Å²) in [7, 11) is -1.71. The molecule has 0 saturated carbocycles. The summed E-state index contributed by atoms with van der Waals surface area (Å²) in [5.74, 6) is -0.553. The third-order valence-corrected chi connectivity index (χ3v) is 6.95. The summed E-state index contributed by atoms with van der Waals surface area (Å²) in [6.45, 7) is 2.72. The van der Waals surface area contributed by atoms with Crippen LogP contribution >= 0.6 is 11.6 Å². The molecule has 2 saturated heterocycles. The first-order chi connectivity index (χ1) is 10.8. The van der Waals surface area contributed by atoms with Crippen molar-refractivity contribution in [1.82, 2.24) is 9.21 Å². The van der Waals surface area contributed by atoms with E-state index in [4.69, 9.17) is 16.3 Å². The number of hydrogen-bond acceptors (Lipinski definition) is 4. The molecule has 0 radical (unpaired) electrons. The van der Waals surface area contributed by atoms with Gasteiger partial charge in [0, 0.05) is 26.2 Å². The minimum absolute atomic E-state index is 0.0504. The first-order valence-corrected chi connectivity index (χ1v) is 9.42. The SMILES string of the molecule is CN1CCC2(CC1)CN(S(=O)(=O)c1ccc(F)cc1Cl)CCO2. The van der Waals surface area contributed by atoms with Gasteiger partial charge in [0.2, 0.25) is 10.0 Å². The van der Waals surface area contributed by atoms with Gasteiger partial charge in [0.25, 0.3) is 0 Å². The highest BCUT2D eigenvalue weighted by molar-refractivity contribution is 7.89. The third-order valence-electron chi connectivity index (χ3n) is 4.62. The fourth-order valence-electron chi connectivity index (χ4n) is 3.17. The van der Waals surface area contributed by atoms with Crippen LogP contribution in [0.2, 0.25) is 5.02 Å². The number of piperidine rings is 1. The molecule has 1 aromatic carbocycles. The monoisotopic (exact) mass is 362 g/mol. The van der Waals surface area contributed by atoms with Crippen LogP contribution in [0.1, 0.15) is 12.8 Å². The Morgan fingerprint density at radius 1 is 1.26 bits per heavy atom. The summed E-state index contributed by atoms with van der Waals surface area (Å²) >= 11 is 5.95. The first-order valence-electron chi connectivity index (χ1n) is 7.60. The number of ether oxygens (including phenoxy) is 1. The van der Waals surface area contributed by atoms with Crippen LogP contribution < -0.4 is 0 Å². The van der Waals surface area contributed by atoms with E-state index in [-0.39, 0.29) is 16.5 Å². The normalized spacial score (nSPS) is 23.3. The predicted octanol–water partition coefficient (Wildman–Crippen LogP) is 1.96. The molecule has 0 aliphatic carbocycles. The lowest BCUT2D eigenvalue weighted by molar-refractivity contribution is -0.117. The topological polar surface area (TPSA) is 49.9 Å². The van der Waals surface area contributed by atoms with E-state index < -0.39 is 21.4 Å². The summed E-state index contributed by atoms with van der Waals surface area (Å²) in [6, 6.07) is 3.37. The number of morpholine rings is 1. The first kappa shape index (κ1) is 17.1. The summed E-state index contributed by atoms with van der Waals surface area (Å²) < 4.78 is 46.3. The van der Waals surface area contributed by atoms with Crippen LogP contribution in [0, 0.1) is 5.82 Å². The average molecular weight is 363 g/mol. The van der Waals surface area contributed by atoms with Crippen LogP contribution in [0.4, 0.5) is 4.39 Å². The maximum Gasteiger partial charge on any atom is 0.244 e. The number of benzene rings is 1. The van der Waals surface area contributed by atoms with Crippen molar-refractivity contribution in [3.05, 3.63) is 29.0 Å². The van der Waals surface area contributed by atoms with E-state index in [0.29, 0.717) is 13.2 Å². The molecule has 0 atom stereocenters. The maximum atomic E-state index is 13.2. The van der Waals surface area contributed by atoms with Crippen LogP contribution in [-0.2, 0) is 14.8 Å². The molecule has 23 heavy (non-hydrogen) atoms. The van der Waals surface area contributed by atoms with Crippen LogP contribution in [0.3, 0.4) is 0 Å². The fraction of sp³-hybridized carbons (Fsp3) is 0.600. The van der Waals surface area contributed by atoms with Gasteiger partial charge in [-0.3, -0.25) is 0 Å². The Bertz CT molecular complexity index is 690. The Labute approximate surface area is 141 Å². The minimum atomic E-state index is -3.76. The zero-order chi connectivity index (χ0) is 16.7. The largest absolute Gasteiger partial charge is 0.372 e. The number of halogens is 2. The lowest BCUT2D eigenvalue weighted by atomic mass is 9.90. The molecule has 1 aromatic rings. The Morgan fingerprint density at radius 2 is 1.96 bits per heavy atom. The predicted molar refractivity (Wildman–Crippen MR) is 85.6 cm³/mol. The molecule has 2 fully saturated rings. The molecule has 3 rings (SSSR count). The van der Waals surface area contributed by atoms with Gasteiger partial charge in [-0.05, 0) is 38.1 Å². The third kappa shape index (κ3) is 3.39. The van der Waals surface area contributed by atoms with E-state index in [9.17, 15) is 12.8 Å². The zero-order valence-electron chi connectivity index (χ0n) is 13.0. The van der Waals surface area contributed by atoms with Gasteiger partial charge in [-0.2, -0.15) is 4.31 Å². The molecule has 0 bridgehead atoms. The van der Waals surface area contributed by atoms with E-state index in [0.717, 1.165) is 38.1 Å². The van der Waals surface area contributed by atoms with Gasteiger partial charge in [-0.15, -0.1) is 0 Å². The van der Waals surface area contributed by atoms with Gasteiger partial charge in [-0.1, -0.05) is 11.6 Å². The van der Waals surface area contributed by atoms with E-state index in [2.05, 4.69) is 4.90 Å². The molecule has 8 heteroatoms. The Balaban J connectivity index is 1.85. The number of likely N-dealkylation sites (tertiary alicyclic amines) is 1. The number of hydrogen-bond donors (Lipinski definition) is 0. The Hall–Kier alpha value is -0.730. The van der Waals surface area contributed by atoms with Gasteiger partial charge in [0.1, 0.15) is 10.7 Å². The highest BCUT2D eigenvalue weighted by Crippen LogP contribution is 2.33. The van der Waals surface area contributed by atoms with E-state index in [1.165, 1.54) is 10.4 Å². The molecular weight excluding hydrogens is 343 g/mol. The highest BCUT2D eigenvalue weighted by atomic mass is 35.5. The van der Waals surface area contributed by atoms with Crippen molar-refractivity contribution in [2.45, 2.75) is 23.3 Å². The van der Waals surface area contributed by atoms with Crippen molar-refractivity contribution in [3.63, 3.8) is 0 Å². The quantitative estimate of drug-likeness (QED) is 0.807. The van der Waals surface area contributed by atoms with E-state index in [1.807, 2.05) is 7.05 Å². The van der Waals surface area contributed by atoms with Gasteiger partial charge >= 0.3 is 0 Å². The summed E-state index contributed by atoms with van der Waals surface area (Å²) in [4.78, 5) is 2.16. The molecule has 5 nitrogen and oxygen atoms in total.